The zero-order valence-electron chi connectivity index (χ0n) is 35.4. The van der Waals surface area contributed by atoms with Crippen LogP contribution in [0, 0.1) is 28.1 Å². The van der Waals surface area contributed by atoms with Crippen LogP contribution in [0.5, 0.6) is 11.5 Å². The highest BCUT2D eigenvalue weighted by molar-refractivity contribution is 6.35. The molecule has 2 aliphatic heterocycles. The molecule has 4 aliphatic rings. The maximum Gasteiger partial charge on any atom is 0.200 e. The number of ketones is 3. The van der Waals surface area contributed by atoms with Gasteiger partial charge in [0.2, 0.25) is 0 Å². The molecule has 1 aromatic carbocycles. The van der Waals surface area contributed by atoms with Gasteiger partial charge in [0.15, 0.2) is 28.8 Å². The molecule has 8 heteroatoms. The third-order valence-electron chi connectivity index (χ3n) is 13.1. The third-order valence-corrected chi connectivity index (χ3v) is 13.1. The van der Waals surface area contributed by atoms with Crippen molar-refractivity contribution >= 4 is 17.3 Å². The summed E-state index contributed by atoms with van der Waals surface area (Å²) in [5.74, 6) is -0.780. The van der Waals surface area contributed by atoms with E-state index >= 15 is 9.59 Å². The summed E-state index contributed by atoms with van der Waals surface area (Å²) in [5, 5.41) is 11.2. The van der Waals surface area contributed by atoms with Crippen LogP contribution in [0.1, 0.15) is 131 Å². The minimum atomic E-state index is -1.48. The van der Waals surface area contributed by atoms with Crippen LogP contribution in [-0.4, -0.2) is 72.4 Å². The predicted octanol–water partition coefficient (Wildman–Crippen LogP) is 9.76. The Bertz CT molecular complexity index is 1740. The van der Waals surface area contributed by atoms with Crippen molar-refractivity contribution in [2.24, 2.45) is 28.1 Å². The number of carbonyl (C=O) groups excluding carboxylic acids is 3. The fraction of sp³-hybridized carbons (Fsp3) is 0.638. The van der Waals surface area contributed by atoms with Crippen LogP contribution in [0.3, 0.4) is 0 Å². The van der Waals surface area contributed by atoms with E-state index in [-0.39, 0.29) is 46.7 Å². The first-order valence-electron chi connectivity index (χ1n) is 20.6. The summed E-state index contributed by atoms with van der Waals surface area (Å²) in [4.78, 5) is 48.5. The van der Waals surface area contributed by atoms with E-state index in [1.54, 1.807) is 12.1 Å². The van der Waals surface area contributed by atoms with Crippen LogP contribution in [0.2, 0.25) is 0 Å². The minimum Gasteiger partial charge on any atom is -0.504 e. The Balaban J connectivity index is 1.54. The molecule has 2 heterocycles. The SMILES string of the molecule is CC(C)=CC[C@H]1C[C@@]23C[C@@H](CC=C(C)C)C(C)(C)[C@@](CC=C(C)C)(C(=O)C(C(=O)c4ccc(OCCCCCN5CCOCC5)c(O)c4)=C2OC1(C)C)C3=O. The molecule has 1 saturated carbocycles. The lowest BCUT2D eigenvalue weighted by atomic mass is 9.39. The summed E-state index contributed by atoms with van der Waals surface area (Å²) in [6, 6.07) is 4.62. The van der Waals surface area contributed by atoms with Gasteiger partial charge >= 0.3 is 0 Å². The number of hydrogen-bond acceptors (Lipinski definition) is 8. The molecule has 0 radical (unpaired) electrons. The smallest absolute Gasteiger partial charge is 0.200 e. The average Bonchev–Trinajstić information content (AvgIpc) is 3.11. The Morgan fingerprint density at radius 1 is 0.873 bits per heavy atom. The zero-order chi connectivity index (χ0) is 40.3. The third kappa shape index (κ3) is 8.46. The summed E-state index contributed by atoms with van der Waals surface area (Å²) in [7, 11) is 0. The molecule has 1 spiro atoms. The fourth-order valence-corrected chi connectivity index (χ4v) is 9.45. The van der Waals surface area contributed by atoms with Crippen molar-refractivity contribution in [3.8, 4) is 11.5 Å². The van der Waals surface area contributed by atoms with E-state index in [2.05, 4.69) is 58.6 Å². The highest BCUT2D eigenvalue weighted by Gasteiger charge is 2.74. The standard InChI is InChI=1S/C47H67NO7/c1-31(2)14-17-35-29-46-30-36(18-15-32(3)4)45(9,10)55-42(46)39(41(51)47(43(46)52,44(35,7)8)21-20-33(5)6)40(50)34-16-19-38(37(49)28-34)54-25-13-11-12-22-48-23-26-53-27-24-48/h14-16,19-20,28,35-36,49H,11-13,17-18,21-27,29-30H2,1-10H3/t35-,36+,46+,47+/m1/s1. The van der Waals surface area contributed by atoms with Crippen LogP contribution in [-0.2, 0) is 19.1 Å². The van der Waals surface area contributed by atoms with Gasteiger partial charge in [-0.25, -0.2) is 0 Å². The maximum absolute atomic E-state index is 15.6. The number of phenolic OH excluding ortho intramolecular Hbond substituents is 1. The number of carbonyl (C=O) groups is 3. The van der Waals surface area contributed by atoms with Gasteiger partial charge in [0, 0.05) is 24.6 Å². The molecule has 0 amide bonds. The van der Waals surface area contributed by atoms with Crippen LogP contribution >= 0.6 is 0 Å². The van der Waals surface area contributed by atoms with E-state index in [1.807, 2.05) is 33.8 Å². The number of benzene rings is 1. The molecule has 3 fully saturated rings. The Hall–Kier alpha value is -3.49. The molecule has 2 saturated heterocycles. The summed E-state index contributed by atoms with van der Waals surface area (Å²) in [5.41, 5.74) is -0.636. The van der Waals surface area contributed by atoms with Gasteiger partial charge in [-0.1, -0.05) is 48.8 Å². The van der Waals surface area contributed by atoms with E-state index in [0.717, 1.165) is 70.5 Å². The normalized spacial score (nSPS) is 27.1. The first-order chi connectivity index (χ1) is 25.9. The predicted molar refractivity (Wildman–Crippen MR) is 218 cm³/mol. The Kier molecular flexibility index (Phi) is 13.1. The van der Waals surface area contributed by atoms with Crippen molar-refractivity contribution in [1.82, 2.24) is 4.90 Å². The van der Waals surface area contributed by atoms with Crippen LogP contribution in [0.25, 0.3) is 0 Å². The number of morpholine rings is 1. The van der Waals surface area contributed by atoms with Gasteiger partial charge in [0.25, 0.3) is 0 Å². The number of phenols is 1. The second-order valence-corrected chi connectivity index (χ2v) is 18.5. The van der Waals surface area contributed by atoms with E-state index in [4.69, 9.17) is 14.2 Å². The van der Waals surface area contributed by atoms with Crippen LogP contribution in [0.4, 0.5) is 0 Å². The number of unbranched alkanes of at least 4 members (excludes halogenated alkanes) is 2. The molecule has 55 heavy (non-hydrogen) atoms. The van der Waals surface area contributed by atoms with E-state index in [9.17, 15) is 9.90 Å². The molecular weight excluding hydrogens is 691 g/mol. The molecule has 0 aromatic heterocycles. The number of ether oxygens (including phenoxy) is 3. The van der Waals surface area contributed by atoms with Gasteiger partial charge in [-0.05, 0) is 143 Å². The second-order valence-electron chi connectivity index (χ2n) is 18.5. The number of aromatic hydroxyl groups is 1. The van der Waals surface area contributed by atoms with Crippen LogP contribution < -0.4 is 4.74 Å². The number of nitrogens with zero attached hydrogens (tertiary/aromatic N) is 1. The van der Waals surface area contributed by atoms with E-state index < -0.39 is 33.4 Å². The van der Waals surface area contributed by atoms with Gasteiger partial charge in [-0.2, -0.15) is 0 Å². The first kappa shape index (κ1) is 42.6. The van der Waals surface area contributed by atoms with Crippen molar-refractivity contribution in [3.63, 3.8) is 0 Å². The molecule has 302 valence electrons. The second kappa shape index (κ2) is 16.9. The summed E-state index contributed by atoms with van der Waals surface area (Å²) in [6.07, 6.45) is 12.0. The molecule has 5 rings (SSSR count). The minimum absolute atomic E-state index is 0.0185. The molecule has 4 atom stereocenters. The first-order valence-corrected chi connectivity index (χ1v) is 20.6. The Labute approximate surface area is 330 Å². The van der Waals surface area contributed by atoms with Crippen molar-refractivity contribution in [3.05, 3.63) is 70.0 Å². The number of fused-ring (bicyclic) bond motifs is 1. The quantitative estimate of drug-likeness (QED) is 0.0621. The summed E-state index contributed by atoms with van der Waals surface area (Å²) < 4.78 is 18.3. The molecule has 1 N–H and O–H groups in total. The lowest BCUT2D eigenvalue weighted by Crippen LogP contribution is -2.69. The monoisotopic (exact) mass is 757 g/mol. The van der Waals surface area contributed by atoms with Gasteiger partial charge in [-0.15, -0.1) is 0 Å². The fourth-order valence-electron chi connectivity index (χ4n) is 9.45. The van der Waals surface area contributed by atoms with Gasteiger partial charge in [0.1, 0.15) is 22.3 Å². The zero-order valence-corrected chi connectivity index (χ0v) is 35.4. The number of allylic oxidation sites excluding steroid dienone is 8. The topological polar surface area (TPSA) is 102 Å². The molecule has 2 bridgehead atoms. The summed E-state index contributed by atoms with van der Waals surface area (Å²) >= 11 is 0. The van der Waals surface area contributed by atoms with Gasteiger partial charge in [-0.3, -0.25) is 19.3 Å². The van der Waals surface area contributed by atoms with Crippen molar-refractivity contribution in [2.45, 2.75) is 126 Å². The van der Waals surface area contributed by atoms with Crippen LogP contribution in [0.15, 0.2) is 64.5 Å². The molecular formula is C47H67NO7. The number of hydrogen-bond donors (Lipinski definition) is 1. The molecule has 0 unspecified atom stereocenters. The number of rotatable bonds is 15. The highest BCUT2D eigenvalue weighted by Crippen LogP contribution is 2.69. The van der Waals surface area contributed by atoms with Gasteiger partial charge in [0.05, 0.1) is 25.2 Å². The van der Waals surface area contributed by atoms with Crippen molar-refractivity contribution in [1.29, 1.82) is 0 Å². The summed E-state index contributed by atoms with van der Waals surface area (Å²) in [6.45, 7) is 25.4. The number of Topliss-reactive ketones (excluding diaryl/α,β-unsaturated/α-hetero) is 3. The van der Waals surface area contributed by atoms with E-state index in [0.29, 0.717) is 25.2 Å². The molecule has 8 nitrogen and oxygen atoms in total. The van der Waals surface area contributed by atoms with Gasteiger partial charge < -0.3 is 19.3 Å². The average molecular weight is 758 g/mol. The van der Waals surface area contributed by atoms with Crippen molar-refractivity contribution in [2.75, 3.05) is 39.5 Å². The molecule has 1 aromatic rings. The molecule has 2 aliphatic carbocycles. The highest BCUT2D eigenvalue weighted by atomic mass is 16.5. The maximum atomic E-state index is 15.6. The lowest BCUT2D eigenvalue weighted by Gasteiger charge is -2.64. The van der Waals surface area contributed by atoms with Crippen molar-refractivity contribution < 1.29 is 33.7 Å². The Morgan fingerprint density at radius 3 is 2.11 bits per heavy atom. The lowest BCUT2D eigenvalue weighted by molar-refractivity contribution is -0.188. The largest absolute Gasteiger partial charge is 0.504 e. The van der Waals surface area contributed by atoms with E-state index in [1.165, 1.54) is 17.2 Å². The Morgan fingerprint density at radius 2 is 1.49 bits per heavy atom.